The summed E-state index contributed by atoms with van der Waals surface area (Å²) in [6.07, 6.45) is 0. The monoisotopic (exact) mass is 326 g/mol. The van der Waals surface area contributed by atoms with Crippen LogP contribution < -0.4 is 5.32 Å². The van der Waals surface area contributed by atoms with E-state index in [0.717, 1.165) is 18.7 Å². The second-order valence-corrected chi connectivity index (χ2v) is 5.55. The van der Waals surface area contributed by atoms with Gasteiger partial charge < -0.3 is 19.7 Å². The third kappa shape index (κ3) is 4.95. The first kappa shape index (κ1) is 17.2. The van der Waals surface area contributed by atoms with Crippen LogP contribution >= 0.6 is 11.6 Å². The number of carbonyl (C=O) groups excluding carboxylic acids is 1. The lowest BCUT2D eigenvalue weighted by atomic mass is 10.0. The van der Waals surface area contributed by atoms with E-state index >= 15 is 0 Å². The number of carbonyl (C=O) groups is 1. The van der Waals surface area contributed by atoms with E-state index < -0.39 is 0 Å². The van der Waals surface area contributed by atoms with Gasteiger partial charge in [0.05, 0.1) is 19.3 Å². The summed E-state index contributed by atoms with van der Waals surface area (Å²) in [5.41, 5.74) is 1.04. The first-order valence-corrected chi connectivity index (χ1v) is 8.01. The Morgan fingerprint density at radius 1 is 1.41 bits per heavy atom. The molecule has 0 aliphatic carbocycles. The van der Waals surface area contributed by atoms with Crippen molar-refractivity contribution in [2.75, 3.05) is 46.1 Å². The summed E-state index contributed by atoms with van der Waals surface area (Å²) in [4.78, 5) is 14.3. The van der Waals surface area contributed by atoms with E-state index in [1.807, 2.05) is 36.1 Å². The molecular formula is C16H23ClN2O3. The molecule has 0 spiro atoms. The van der Waals surface area contributed by atoms with Crippen molar-refractivity contribution in [1.82, 2.24) is 10.2 Å². The molecule has 0 aromatic heterocycles. The van der Waals surface area contributed by atoms with Crippen molar-refractivity contribution in [2.24, 2.45) is 0 Å². The Balaban J connectivity index is 1.93. The predicted octanol–water partition coefficient (Wildman–Crippen LogP) is 1.87. The van der Waals surface area contributed by atoms with Crippen LogP contribution in [0.2, 0.25) is 5.02 Å². The maximum Gasteiger partial charge on any atom is 0.249 e. The Kier molecular flexibility index (Phi) is 7.12. The van der Waals surface area contributed by atoms with E-state index in [1.165, 1.54) is 0 Å². The molecule has 1 aliphatic heterocycles. The Morgan fingerprint density at radius 3 is 3.00 bits per heavy atom. The SMILES string of the molecule is CCOCCOCC(=O)N1CCNCC1c1cccc(Cl)c1. The highest BCUT2D eigenvalue weighted by Gasteiger charge is 2.27. The average molecular weight is 327 g/mol. The zero-order chi connectivity index (χ0) is 15.8. The standard InChI is InChI=1S/C16H23ClN2O3/c1-2-21-8-9-22-12-16(20)19-7-6-18-11-15(19)13-4-3-5-14(17)10-13/h3-5,10,15,18H,2,6-9,11-12H2,1H3. The Labute approximate surface area is 136 Å². The third-order valence-corrected chi connectivity index (χ3v) is 3.83. The van der Waals surface area contributed by atoms with Gasteiger partial charge in [0.1, 0.15) is 6.61 Å². The van der Waals surface area contributed by atoms with Gasteiger partial charge in [0.15, 0.2) is 0 Å². The maximum atomic E-state index is 12.4. The minimum atomic E-state index is -0.00422. The first-order valence-electron chi connectivity index (χ1n) is 7.63. The molecule has 1 fully saturated rings. The van der Waals surface area contributed by atoms with Gasteiger partial charge in [-0.1, -0.05) is 23.7 Å². The zero-order valence-electron chi connectivity index (χ0n) is 12.9. The molecule has 1 heterocycles. The van der Waals surface area contributed by atoms with E-state index in [-0.39, 0.29) is 18.6 Å². The molecule has 0 radical (unpaired) electrons. The first-order chi connectivity index (χ1) is 10.7. The van der Waals surface area contributed by atoms with Crippen LogP contribution in [0.15, 0.2) is 24.3 Å². The molecule has 0 saturated carbocycles. The Hall–Kier alpha value is -1.14. The van der Waals surface area contributed by atoms with Gasteiger partial charge >= 0.3 is 0 Å². The van der Waals surface area contributed by atoms with Gasteiger partial charge in [-0.25, -0.2) is 0 Å². The summed E-state index contributed by atoms with van der Waals surface area (Å²) in [5, 5.41) is 4.01. The Morgan fingerprint density at radius 2 is 2.23 bits per heavy atom. The van der Waals surface area contributed by atoms with E-state index in [4.69, 9.17) is 21.1 Å². The quantitative estimate of drug-likeness (QED) is 0.777. The molecule has 22 heavy (non-hydrogen) atoms. The van der Waals surface area contributed by atoms with Crippen molar-refractivity contribution in [3.63, 3.8) is 0 Å². The molecule has 1 aromatic rings. The van der Waals surface area contributed by atoms with Crippen LogP contribution in [0, 0.1) is 0 Å². The number of hydrogen-bond donors (Lipinski definition) is 1. The number of halogens is 1. The van der Waals surface area contributed by atoms with Crippen molar-refractivity contribution in [2.45, 2.75) is 13.0 Å². The van der Waals surface area contributed by atoms with Gasteiger partial charge in [-0.3, -0.25) is 4.79 Å². The van der Waals surface area contributed by atoms with Gasteiger partial charge in [0.25, 0.3) is 0 Å². The molecule has 5 nitrogen and oxygen atoms in total. The Bertz CT molecular complexity index is 484. The number of amides is 1. The summed E-state index contributed by atoms with van der Waals surface area (Å²) < 4.78 is 10.6. The largest absolute Gasteiger partial charge is 0.379 e. The van der Waals surface area contributed by atoms with Crippen LogP contribution in [-0.4, -0.2) is 56.9 Å². The highest BCUT2D eigenvalue weighted by atomic mass is 35.5. The minimum Gasteiger partial charge on any atom is -0.379 e. The molecule has 1 saturated heterocycles. The summed E-state index contributed by atoms with van der Waals surface area (Å²) in [6.45, 7) is 5.83. The molecule has 1 aliphatic rings. The van der Waals surface area contributed by atoms with E-state index in [0.29, 0.717) is 31.4 Å². The van der Waals surface area contributed by atoms with Gasteiger partial charge in [-0.2, -0.15) is 0 Å². The lowest BCUT2D eigenvalue weighted by molar-refractivity contribution is -0.140. The topological polar surface area (TPSA) is 50.8 Å². The molecule has 0 bridgehead atoms. The molecule has 1 unspecified atom stereocenters. The molecule has 1 atom stereocenters. The molecule has 1 aromatic carbocycles. The molecule has 6 heteroatoms. The van der Waals surface area contributed by atoms with Gasteiger partial charge in [-0.05, 0) is 24.6 Å². The summed E-state index contributed by atoms with van der Waals surface area (Å²) >= 11 is 6.06. The summed E-state index contributed by atoms with van der Waals surface area (Å²) in [6, 6.07) is 7.66. The van der Waals surface area contributed by atoms with Crippen molar-refractivity contribution in [3.05, 3.63) is 34.9 Å². The molecule has 1 N–H and O–H groups in total. The lowest BCUT2D eigenvalue weighted by Gasteiger charge is -2.36. The number of nitrogens with one attached hydrogen (secondary N) is 1. The van der Waals surface area contributed by atoms with Crippen molar-refractivity contribution in [1.29, 1.82) is 0 Å². The molecule has 2 rings (SSSR count). The van der Waals surface area contributed by atoms with Crippen molar-refractivity contribution < 1.29 is 14.3 Å². The fourth-order valence-electron chi connectivity index (χ4n) is 2.52. The predicted molar refractivity (Wildman–Crippen MR) is 86.1 cm³/mol. The second-order valence-electron chi connectivity index (χ2n) is 5.11. The van der Waals surface area contributed by atoms with Crippen LogP contribution in [0.3, 0.4) is 0 Å². The van der Waals surface area contributed by atoms with Crippen LogP contribution in [-0.2, 0) is 14.3 Å². The number of nitrogens with zero attached hydrogens (tertiary/aromatic N) is 1. The van der Waals surface area contributed by atoms with E-state index in [2.05, 4.69) is 5.32 Å². The third-order valence-electron chi connectivity index (χ3n) is 3.60. The molecular weight excluding hydrogens is 304 g/mol. The second kappa shape index (κ2) is 9.10. The smallest absolute Gasteiger partial charge is 0.249 e. The van der Waals surface area contributed by atoms with Crippen LogP contribution in [0.5, 0.6) is 0 Å². The van der Waals surface area contributed by atoms with Crippen molar-refractivity contribution in [3.8, 4) is 0 Å². The minimum absolute atomic E-state index is 0.00275. The van der Waals surface area contributed by atoms with Gasteiger partial charge in [0, 0.05) is 31.3 Å². The number of hydrogen-bond acceptors (Lipinski definition) is 4. The highest BCUT2D eigenvalue weighted by Crippen LogP contribution is 2.24. The number of ether oxygens (including phenoxy) is 2. The number of rotatable bonds is 7. The fraction of sp³-hybridized carbons (Fsp3) is 0.562. The van der Waals surface area contributed by atoms with E-state index in [9.17, 15) is 4.79 Å². The van der Waals surface area contributed by atoms with Gasteiger partial charge in [0.2, 0.25) is 5.91 Å². The average Bonchev–Trinajstić information content (AvgIpc) is 2.54. The molecule has 1 amide bonds. The molecule has 122 valence electrons. The van der Waals surface area contributed by atoms with Crippen LogP contribution in [0.4, 0.5) is 0 Å². The summed E-state index contributed by atoms with van der Waals surface area (Å²) in [5.74, 6) is 0.00275. The lowest BCUT2D eigenvalue weighted by Crippen LogP contribution is -2.49. The maximum absolute atomic E-state index is 12.4. The van der Waals surface area contributed by atoms with Gasteiger partial charge in [-0.15, -0.1) is 0 Å². The van der Waals surface area contributed by atoms with E-state index in [1.54, 1.807) is 0 Å². The fourth-order valence-corrected chi connectivity index (χ4v) is 2.72. The normalized spacial score (nSPS) is 18.5. The van der Waals surface area contributed by atoms with Crippen LogP contribution in [0.25, 0.3) is 0 Å². The highest BCUT2D eigenvalue weighted by molar-refractivity contribution is 6.30. The number of benzene rings is 1. The summed E-state index contributed by atoms with van der Waals surface area (Å²) in [7, 11) is 0. The zero-order valence-corrected chi connectivity index (χ0v) is 13.6. The number of piperazine rings is 1. The van der Waals surface area contributed by atoms with Crippen LogP contribution in [0.1, 0.15) is 18.5 Å². The van der Waals surface area contributed by atoms with Crippen molar-refractivity contribution >= 4 is 17.5 Å².